The lowest BCUT2D eigenvalue weighted by Gasteiger charge is -2.21. The lowest BCUT2D eigenvalue weighted by molar-refractivity contribution is 0.0986. The van der Waals surface area contributed by atoms with E-state index < -0.39 is 0 Å². The molecule has 0 N–H and O–H groups in total. The summed E-state index contributed by atoms with van der Waals surface area (Å²) in [6.45, 7) is 8.91. The molecule has 3 rings (SSSR count). The summed E-state index contributed by atoms with van der Waals surface area (Å²) in [6.07, 6.45) is 1.74. The number of benzene rings is 2. The normalized spacial score (nSPS) is 10.7. The maximum atomic E-state index is 13.1. The first-order valence-electron chi connectivity index (χ1n) is 9.55. The van der Waals surface area contributed by atoms with Crippen LogP contribution in [0.3, 0.4) is 0 Å². The summed E-state index contributed by atoms with van der Waals surface area (Å²) in [5, 5.41) is 0. The summed E-state index contributed by atoms with van der Waals surface area (Å²) in [4.78, 5) is 27.8. The second-order valence-electron chi connectivity index (χ2n) is 7.17. The van der Waals surface area contributed by atoms with E-state index in [4.69, 9.17) is 0 Å². The fourth-order valence-electron chi connectivity index (χ4n) is 3.36. The molecule has 1 heterocycles. The summed E-state index contributed by atoms with van der Waals surface area (Å²) in [6, 6.07) is 17.3. The molecule has 0 aliphatic carbocycles. The van der Waals surface area contributed by atoms with Gasteiger partial charge in [0.05, 0.1) is 6.54 Å². The Bertz CT molecular complexity index is 1070. The van der Waals surface area contributed by atoms with Crippen LogP contribution in [0, 0.1) is 20.8 Å². The van der Waals surface area contributed by atoms with E-state index in [-0.39, 0.29) is 17.0 Å². The molecule has 4 nitrogen and oxygen atoms in total. The number of carbonyl (C=O) groups excluding carboxylic acids is 1. The molecule has 0 radical (unpaired) electrons. The molecule has 0 saturated heterocycles. The van der Waals surface area contributed by atoms with Crippen molar-refractivity contribution in [2.75, 3.05) is 11.4 Å². The standard InChI is InChI=1S/C24H26N2O2/c1-5-26(21-9-6-8-17(2)15-21)24(28)22-10-7-13-25(23(22)27)16-20-14-18(3)11-12-19(20)4/h6-15H,5,16H2,1-4H3. The highest BCUT2D eigenvalue weighted by atomic mass is 16.2. The Morgan fingerprint density at radius 1 is 0.964 bits per heavy atom. The number of aryl methyl sites for hydroxylation is 3. The molecule has 1 aromatic heterocycles. The molecular weight excluding hydrogens is 348 g/mol. The largest absolute Gasteiger partial charge is 0.310 e. The Hall–Kier alpha value is -3.14. The van der Waals surface area contributed by atoms with Gasteiger partial charge in [0.25, 0.3) is 11.5 Å². The van der Waals surface area contributed by atoms with Crippen molar-refractivity contribution in [3.8, 4) is 0 Å². The van der Waals surface area contributed by atoms with E-state index in [0.29, 0.717) is 13.1 Å². The molecule has 0 aliphatic heterocycles. The van der Waals surface area contributed by atoms with Gasteiger partial charge in [0, 0.05) is 18.4 Å². The average Bonchev–Trinajstić information content (AvgIpc) is 2.67. The van der Waals surface area contributed by atoms with Gasteiger partial charge >= 0.3 is 0 Å². The van der Waals surface area contributed by atoms with E-state index in [1.165, 1.54) is 0 Å². The molecule has 3 aromatic rings. The smallest absolute Gasteiger partial charge is 0.263 e. The third-order valence-corrected chi connectivity index (χ3v) is 4.97. The number of amides is 1. The second kappa shape index (κ2) is 8.26. The predicted molar refractivity (Wildman–Crippen MR) is 114 cm³/mol. The molecule has 0 fully saturated rings. The van der Waals surface area contributed by atoms with E-state index in [2.05, 4.69) is 18.2 Å². The maximum absolute atomic E-state index is 13.1. The van der Waals surface area contributed by atoms with Crippen molar-refractivity contribution in [2.24, 2.45) is 0 Å². The van der Waals surface area contributed by atoms with Gasteiger partial charge in [-0.3, -0.25) is 9.59 Å². The van der Waals surface area contributed by atoms with Crippen LogP contribution in [0.5, 0.6) is 0 Å². The van der Waals surface area contributed by atoms with Crippen molar-refractivity contribution in [1.82, 2.24) is 4.57 Å². The molecule has 0 saturated carbocycles. The fraction of sp³-hybridized carbons (Fsp3) is 0.250. The number of hydrogen-bond acceptors (Lipinski definition) is 2. The molecule has 144 valence electrons. The number of aromatic nitrogens is 1. The van der Waals surface area contributed by atoms with Gasteiger partial charge in [-0.15, -0.1) is 0 Å². The zero-order valence-corrected chi connectivity index (χ0v) is 16.9. The average molecular weight is 374 g/mol. The lowest BCUT2D eigenvalue weighted by atomic mass is 10.1. The SMILES string of the molecule is CCN(C(=O)c1cccn(Cc2cc(C)ccc2C)c1=O)c1cccc(C)c1. The number of nitrogens with zero attached hydrogens (tertiary/aromatic N) is 2. The van der Waals surface area contributed by atoms with Crippen molar-refractivity contribution in [2.45, 2.75) is 34.2 Å². The zero-order valence-electron chi connectivity index (χ0n) is 16.9. The Kier molecular flexibility index (Phi) is 5.78. The van der Waals surface area contributed by atoms with Crippen LogP contribution in [0.1, 0.15) is 39.5 Å². The van der Waals surface area contributed by atoms with Gasteiger partial charge in [-0.25, -0.2) is 0 Å². The molecule has 1 amide bonds. The Labute approximate surface area is 166 Å². The topological polar surface area (TPSA) is 42.3 Å². The van der Waals surface area contributed by atoms with Gasteiger partial charge < -0.3 is 9.47 Å². The van der Waals surface area contributed by atoms with Gasteiger partial charge in [0.1, 0.15) is 5.56 Å². The summed E-state index contributed by atoms with van der Waals surface area (Å²) >= 11 is 0. The molecular formula is C24H26N2O2. The van der Waals surface area contributed by atoms with Gasteiger partial charge in [0.2, 0.25) is 0 Å². The molecule has 0 unspecified atom stereocenters. The first-order valence-corrected chi connectivity index (χ1v) is 9.55. The van der Waals surface area contributed by atoms with Crippen molar-refractivity contribution in [3.05, 3.63) is 99.0 Å². The van der Waals surface area contributed by atoms with Crippen molar-refractivity contribution in [1.29, 1.82) is 0 Å². The van der Waals surface area contributed by atoms with E-state index >= 15 is 0 Å². The van der Waals surface area contributed by atoms with Gasteiger partial charge in [0.15, 0.2) is 0 Å². The molecule has 0 bridgehead atoms. The predicted octanol–water partition coefficient (Wildman–Crippen LogP) is 4.49. The number of rotatable bonds is 5. The Morgan fingerprint density at radius 3 is 2.43 bits per heavy atom. The molecule has 28 heavy (non-hydrogen) atoms. The van der Waals surface area contributed by atoms with Crippen LogP contribution in [0.25, 0.3) is 0 Å². The summed E-state index contributed by atoms with van der Waals surface area (Å²) in [5.41, 5.74) is 5.16. The Morgan fingerprint density at radius 2 is 1.71 bits per heavy atom. The van der Waals surface area contributed by atoms with Crippen LogP contribution in [-0.4, -0.2) is 17.0 Å². The molecule has 2 aromatic carbocycles. The van der Waals surface area contributed by atoms with Crippen LogP contribution < -0.4 is 10.5 Å². The minimum absolute atomic E-state index is 0.191. The highest BCUT2D eigenvalue weighted by Crippen LogP contribution is 2.18. The minimum atomic E-state index is -0.270. The van der Waals surface area contributed by atoms with Crippen LogP contribution in [0.2, 0.25) is 0 Å². The van der Waals surface area contributed by atoms with E-state index in [9.17, 15) is 9.59 Å². The number of carbonyl (C=O) groups is 1. The molecule has 4 heteroatoms. The van der Waals surface area contributed by atoms with E-state index in [0.717, 1.165) is 27.9 Å². The van der Waals surface area contributed by atoms with E-state index in [1.54, 1.807) is 27.8 Å². The number of hydrogen-bond donors (Lipinski definition) is 0. The fourth-order valence-corrected chi connectivity index (χ4v) is 3.36. The number of pyridine rings is 1. The highest BCUT2D eigenvalue weighted by molar-refractivity contribution is 6.05. The van der Waals surface area contributed by atoms with Gasteiger partial charge in [-0.05, 0) is 68.7 Å². The zero-order chi connectivity index (χ0) is 20.3. The summed E-state index contributed by atoms with van der Waals surface area (Å²) in [7, 11) is 0. The first-order chi connectivity index (χ1) is 13.4. The third-order valence-electron chi connectivity index (χ3n) is 4.97. The minimum Gasteiger partial charge on any atom is -0.310 e. The summed E-state index contributed by atoms with van der Waals surface area (Å²) < 4.78 is 1.61. The molecule has 0 aliphatic rings. The number of anilines is 1. The van der Waals surface area contributed by atoms with Gasteiger partial charge in [-0.1, -0.05) is 35.9 Å². The Balaban J connectivity index is 1.97. The van der Waals surface area contributed by atoms with Crippen LogP contribution in [0.15, 0.2) is 65.6 Å². The lowest BCUT2D eigenvalue weighted by Crippen LogP contribution is -2.36. The van der Waals surface area contributed by atoms with Crippen LogP contribution in [-0.2, 0) is 6.54 Å². The molecule has 0 spiro atoms. The van der Waals surface area contributed by atoms with Crippen molar-refractivity contribution in [3.63, 3.8) is 0 Å². The second-order valence-corrected chi connectivity index (χ2v) is 7.17. The van der Waals surface area contributed by atoms with Crippen molar-refractivity contribution >= 4 is 11.6 Å². The molecule has 0 atom stereocenters. The monoisotopic (exact) mass is 374 g/mol. The van der Waals surface area contributed by atoms with Crippen LogP contribution in [0.4, 0.5) is 5.69 Å². The quantitative estimate of drug-likeness (QED) is 0.660. The van der Waals surface area contributed by atoms with Crippen LogP contribution >= 0.6 is 0 Å². The highest BCUT2D eigenvalue weighted by Gasteiger charge is 2.20. The first kappa shape index (κ1) is 19.6. The maximum Gasteiger partial charge on any atom is 0.263 e. The summed E-state index contributed by atoms with van der Waals surface area (Å²) in [5.74, 6) is -0.270. The van der Waals surface area contributed by atoms with Crippen molar-refractivity contribution < 1.29 is 4.79 Å². The van der Waals surface area contributed by atoms with Gasteiger partial charge in [-0.2, -0.15) is 0 Å². The third kappa shape index (κ3) is 4.06. The van der Waals surface area contributed by atoms with E-state index in [1.807, 2.05) is 52.0 Å².